The van der Waals surface area contributed by atoms with Crippen LogP contribution in [0, 0.1) is 17.7 Å². The molecule has 2 rings (SSSR count). The monoisotopic (exact) mass is 335 g/mol. The molecule has 1 aliphatic rings. The molecule has 1 amide bonds. The van der Waals surface area contributed by atoms with Crippen molar-refractivity contribution < 1.29 is 37.0 Å². The molecular weight excluding hydrogens is 322 g/mol. The van der Waals surface area contributed by atoms with Gasteiger partial charge in [-0.15, -0.1) is 0 Å². The Hall–Kier alpha value is -2.32. The Morgan fingerprint density at radius 2 is 1.96 bits per heavy atom. The summed E-state index contributed by atoms with van der Waals surface area (Å²) in [5, 5.41) is 8.92. The fourth-order valence-electron chi connectivity index (χ4n) is 2.53. The van der Waals surface area contributed by atoms with Crippen LogP contribution < -0.4 is 4.74 Å². The van der Waals surface area contributed by atoms with E-state index < -0.39 is 48.8 Å². The number of benzene rings is 1. The van der Waals surface area contributed by atoms with Gasteiger partial charge in [-0.25, -0.2) is 4.39 Å². The summed E-state index contributed by atoms with van der Waals surface area (Å²) in [6.45, 7) is -1.35. The first kappa shape index (κ1) is 17.0. The van der Waals surface area contributed by atoms with Gasteiger partial charge in [-0.2, -0.15) is 13.2 Å². The normalized spacial score (nSPS) is 21.3. The number of carbonyl (C=O) groups excluding carboxylic acids is 1. The Morgan fingerprint density at radius 3 is 2.39 bits per heavy atom. The molecule has 23 heavy (non-hydrogen) atoms. The molecule has 0 unspecified atom stereocenters. The van der Waals surface area contributed by atoms with Crippen molar-refractivity contribution >= 4 is 11.9 Å². The second-order valence-corrected chi connectivity index (χ2v) is 5.15. The molecule has 126 valence electrons. The SMILES string of the molecule is COc1ccc(C(=O)N2C[C@@H](C(F)(F)F)[C@H](C(=O)O)C2)cc1F. The number of carbonyl (C=O) groups is 2. The molecular formula is C14H13F4NO4. The Morgan fingerprint density at radius 1 is 1.30 bits per heavy atom. The van der Waals surface area contributed by atoms with Crippen LogP contribution in [0.4, 0.5) is 17.6 Å². The highest BCUT2D eigenvalue weighted by Gasteiger charge is 2.53. The minimum atomic E-state index is -4.73. The summed E-state index contributed by atoms with van der Waals surface area (Å²) in [5.41, 5.74) is -0.171. The minimum Gasteiger partial charge on any atom is -0.494 e. The summed E-state index contributed by atoms with van der Waals surface area (Å²) >= 11 is 0. The van der Waals surface area contributed by atoms with Crippen LogP contribution in [0.15, 0.2) is 18.2 Å². The van der Waals surface area contributed by atoms with Crippen molar-refractivity contribution in [2.45, 2.75) is 6.18 Å². The quantitative estimate of drug-likeness (QED) is 0.860. The zero-order valence-electron chi connectivity index (χ0n) is 11.9. The first-order valence-electron chi connectivity index (χ1n) is 6.57. The first-order chi connectivity index (χ1) is 10.6. The average molecular weight is 335 g/mol. The number of ether oxygens (including phenoxy) is 1. The van der Waals surface area contributed by atoms with E-state index in [1.165, 1.54) is 19.2 Å². The molecule has 0 spiro atoms. The first-order valence-corrected chi connectivity index (χ1v) is 6.57. The summed E-state index contributed by atoms with van der Waals surface area (Å²) in [7, 11) is 1.23. The third-order valence-corrected chi connectivity index (χ3v) is 3.74. The van der Waals surface area contributed by atoms with Crippen LogP contribution in [0.5, 0.6) is 5.75 Å². The van der Waals surface area contributed by atoms with Crippen molar-refractivity contribution in [3.8, 4) is 5.75 Å². The molecule has 1 aromatic rings. The summed E-state index contributed by atoms with van der Waals surface area (Å²) < 4.78 is 57.0. The summed E-state index contributed by atoms with van der Waals surface area (Å²) in [6.07, 6.45) is -4.73. The van der Waals surface area contributed by atoms with Gasteiger partial charge >= 0.3 is 12.1 Å². The third kappa shape index (κ3) is 3.38. The zero-order valence-corrected chi connectivity index (χ0v) is 11.9. The number of halogens is 4. The lowest BCUT2D eigenvalue weighted by atomic mass is 9.96. The van der Waals surface area contributed by atoms with E-state index in [-0.39, 0.29) is 11.3 Å². The molecule has 0 saturated carbocycles. The number of aliphatic carboxylic acids is 1. The van der Waals surface area contributed by atoms with Crippen LogP contribution in [-0.2, 0) is 4.79 Å². The molecule has 0 bridgehead atoms. The molecule has 1 fully saturated rings. The van der Waals surface area contributed by atoms with Gasteiger partial charge in [-0.1, -0.05) is 0 Å². The number of carboxylic acid groups (broad SMARTS) is 1. The van der Waals surface area contributed by atoms with Crippen LogP contribution >= 0.6 is 0 Å². The largest absolute Gasteiger partial charge is 0.494 e. The lowest BCUT2D eigenvalue weighted by Crippen LogP contribution is -2.34. The Balaban J connectivity index is 2.24. The standard InChI is InChI=1S/C14H13F4NO4/c1-23-11-3-2-7(4-10(11)15)12(20)19-5-8(13(21)22)9(6-19)14(16,17)18/h2-4,8-9H,5-6H2,1H3,(H,21,22)/t8-,9-/m1/s1. The number of rotatable bonds is 3. The molecule has 5 nitrogen and oxygen atoms in total. The number of carboxylic acids is 1. The number of hydrogen-bond acceptors (Lipinski definition) is 3. The topological polar surface area (TPSA) is 66.8 Å². The number of nitrogens with zero attached hydrogens (tertiary/aromatic N) is 1. The number of likely N-dealkylation sites (tertiary alicyclic amines) is 1. The molecule has 1 aliphatic heterocycles. The smallest absolute Gasteiger partial charge is 0.394 e. The van der Waals surface area contributed by atoms with Crippen molar-refractivity contribution in [2.75, 3.05) is 20.2 Å². The van der Waals surface area contributed by atoms with Crippen molar-refractivity contribution in [2.24, 2.45) is 11.8 Å². The van der Waals surface area contributed by atoms with Crippen molar-refractivity contribution in [1.82, 2.24) is 4.90 Å². The molecule has 9 heteroatoms. The van der Waals surface area contributed by atoms with E-state index >= 15 is 0 Å². The molecule has 0 radical (unpaired) electrons. The molecule has 1 N–H and O–H groups in total. The van der Waals surface area contributed by atoms with Crippen LogP contribution in [-0.4, -0.2) is 48.3 Å². The van der Waals surface area contributed by atoms with Gasteiger partial charge in [0.05, 0.1) is 18.9 Å². The van der Waals surface area contributed by atoms with Crippen molar-refractivity contribution in [3.05, 3.63) is 29.6 Å². The van der Waals surface area contributed by atoms with Gasteiger partial charge in [0.25, 0.3) is 5.91 Å². The van der Waals surface area contributed by atoms with Gasteiger partial charge in [0.2, 0.25) is 0 Å². The molecule has 0 aliphatic carbocycles. The minimum absolute atomic E-state index is 0.112. The van der Waals surface area contributed by atoms with Gasteiger partial charge in [0.15, 0.2) is 11.6 Å². The van der Waals surface area contributed by atoms with E-state index in [1.54, 1.807) is 0 Å². The number of hydrogen-bond donors (Lipinski definition) is 1. The lowest BCUT2D eigenvalue weighted by molar-refractivity contribution is -0.187. The zero-order chi connectivity index (χ0) is 17.4. The van der Waals surface area contributed by atoms with Gasteiger partial charge < -0.3 is 14.7 Å². The van der Waals surface area contributed by atoms with E-state index in [0.29, 0.717) is 0 Å². The second-order valence-electron chi connectivity index (χ2n) is 5.15. The predicted molar refractivity (Wildman–Crippen MR) is 69.5 cm³/mol. The highest BCUT2D eigenvalue weighted by atomic mass is 19.4. The van der Waals surface area contributed by atoms with Crippen LogP contribution in [0.2, 0.25) is 0 Å². The maximum Gasteiger partial charge on any atom is 0.394 e. The number of alkyl halides is 3. The van der Waals surface area contributed by atoms with Gasteiger partial charge in [0.1, 0.15) is 0 Å². The molecule has 1 aromatic carbocycles. The average Bonchev–Trinajstić information content (AvgIpc) is 2.92. The third-order valence-electron chi connectivity index (χ3n) is 3.74. The van der Waals surface area contributed by atoms with E-state index in [2.05, 4.69) is 4.74 Å². The van der Waals surface area contributed by atoms with Crippen LogP contribution in [0.25, 0.3) is 0 Å². The van der Waals surface area contributed by atoms with Crippen molar-refractivity contribution in [3.63, 3.8) is 0 Å². The summed E-state index contributed by atoms with van der Waals surface area (Å²) in [6, 6.07) is 3.23. The van der Waals surface area contributed by atoms with Gasteiger partial charge in [0, 0.05) is 18.7 Å². The summed E-state index contributed by atoms with van der Waals surface area (Å²) in [5.74, 6) is -7.30. The fraction of sp³-hybridized carbons (Fsp3) is 0.429. The van der Waals surface area contributed by atoms with E-state index in [9.17, 15) is 27.2 Å². The summed E-state index contributed by atoms with van der Waals surface area (Å²) in [4.78, 5) is 24.0. The number of amides is 1. The van der Waals surface area contributed by atoms with E-state index in [1.807, 2.05) is 0 Å². The second kappa shape index (κ2) is 6.05. The van der Waals surface area contributed by atoms with E-state index in [0.717, 1.165) is 11.0 Å². The molecule has 2 atom stereocenters. The van der Waals surface area contributed by atoms with Crippen LogP contribution in [0.1, 0.15) is 10.4 Å². The maximum absolute atomic E-state index is 13.6. The molecule has 1 saturated heterocycles. The maximum atomic E-state index is 13.6. The fourth-order valence-corrected chi connectivity index (χ4v) is 2.53. The highest BCUT2D eigenvalue weighted by Crippen LogP contribution is 2.38. The van der Waals surface area contributed by atoms with E-state index in [4.69, 9.17) is 5.11 Å². The molecule has 1 heterocycles. The Labute approximate surface area is 128 Å². The molecule has 0 aromatic heterocycles. The van der Waals surface area contributed by atoms with Crippen LogP contribution in [0.3, 0.4) is 0 Å². The lowest BCUT2D eigenvalue weighted by Gasteiger charge is -2.18. The predicted octanol–water partition coefficient (Wildman–Crippen LogP) is 2.17. The highest BCUT2D eigenvalue weighted by molar-refractivity contribution is 5.95. The van der Waals surface area contributed by atoms with Crippen molar-refractivity contribution in [1.29, 1.82) is 0 Å². The Kier molecular flexibility index (Phi) is 4.49. The Bertz CT molecular complexity index is 632. The van der Waals surface area contributed by atoms with Gasteiger partial charge in [-0.05, 0) is 18.2 Å². The number of methoxy groups -OCH3 is 1. The van der Waals surface area contributed by atoms with Gasteiger partial charge in [-0.3, -0.25) is 9.59 Å².